The first-order chi connectivity index (χ1) is 7.60. The highest BCUT2D eigenvalue weighted by molar-refractivity contribution is 4.84. The minimum atomic E-state index is 0.202. The lowest BCUT2D eigenvalue weighted by Crippen LogP contribution is -2.54. The van der Waals surface area contributed by atoms with Crippen LogP contribution in [-0.2, 0) is 4.74 Å². The maximum Gasteiger partial charge on any atom is 0.0645 e. The van der Waals surface area contributed by atoms with Gasteiger partial charge in [0.15, 0.2) is 0 Å². The Morgan fingerprint density at radius 1 is 1.31 bits per heavy atom. The van der Waals surface area contributed by atoms with Gasteiger partial charge in [0.2, 0.25) is 0 Å². The fraction of sp³-hybridized carbons (Fsp3) is 1.00. The number of morpholine rings is 1. The molecule has 0 bridgehead atoms. The van der Waals surface area contributed by atoms with E-state index in [4.69, 9.17) is 4.74 Å². The van der Waals surface area contributed by atoms with E-state index in [1.807, 2.05) is 0 Å². The summed E-state index contributed by atoms with van der Waals surface area (Å²) < 4.78 is 5.52. The summed E-state index contributed by atoms with van der Waals surface area (Å²) in [6, 6.07) is 0.684. The van der Waals surface area contributed by atoms with Gasteiger partial charge < -0.3 is 10.1 Å². The van der Waals surface area contributed by atoms with Crippen molar-refractivity contribution in [2.45, 2.75) is 52.1 Å². The molecule has 0 amide bonds. The fourth-order valence-electron chi connectivity index (χ4n) is 2.29. The molecule has 3 nitrogen and oxygen atoms in total. The van der Waals surface area contributed by atoms with Gasteiger partial charge in [-0.3, -0.25) is 4.90 Å². The van der Waals surface area contributed by atoms with E-state index >= 15 is 0 Å². The molecule has 1 aliphatic rings. The smallest absolute Gasteiger partial charge is 0.0645 e. The van der Waals surface area contributed by atoms with Crippen LogP contribution in [0.5, 0.6) is 0 Å². The maximum atomic E-state index is 5.52. The molecule has 0 unspecified atom stereocenters. The molecule has 1 rings (SSSR count). The molecule has 0 saturated carbocycles. The van der Waals surface area contributed by atoms with Gasteiger partial charge in [0, 0.05) is 31.2 Å². The number of nitrogens with zero attached hydrogens (tertiary/aromatic N) is 1. The molecule has 1 fully saturated rings. The number of hydrogen-bond donors (Lipinski definition) is 1. The van der Waals surface area contributed by atoms with Gasteiger partial charge in [-0.15, -0.1) is 0 Å². The lowest BCUT2D eigenvalue weighted by Gasteiger charge is -2.42. The van der Waals surface area contributed by atoms with Gasteiger partial charge in [0.05, 0.1) is 13.2 Å². The van der Waals surface area contributed by atoms with Crippen molar-refractivity contribution in [3.05, 3.63) is 0 Å². The molecule has 96 valence electrons. The van der Waals surface area contributed by atoms with Gasteiger partial charge in [-0.25, -0.2) is 0 Å². The first-order valence-electron chi connectivity index (χ1n) is 6.66. The lowest BCUT2D eigenvalue weighted by molar-refractivity contribution is -0.0502. The average molecular weight is 228 g/mol. The Bertz CT molecular complexity index is 190. The average Bonchev–Trinajstić information content (AvgIpc) is 2.26. The summed E-state index contributed by atoms with van der Waals surface area (Å²) in [7, 11) is 0. The Hall–Kier alpha value is -0.120. The van der Waals surface area contributed by atoms with Crippen molar-refractivity contribution in [2.75, 3.05) is 32.8 Å². The van der Waals surface area contributed by atoms with Gasteiger partial charge >= 0.3 is 0 Å². The molecule has 0 spiro atoms. The predicted octanol–water partition coefficient (Wildman–Crippen LogP) is 1.88. The Morgan fingerprint density at radius 2 is 2.00 bits per heavy atom. The first kappa shape index (κ1) is 13.9. The Kier molecular flexibility index (Phi) is 5.73. The Balaban J connectivity index is 2.25. The van der Waals surface area contributed by atoms with E-state index in [1.54, 1.807) is 0 Å². The van der Waals surface area contributed by atoms with Crippen LogP contribution < -0.4 is 5.32 Å². The van der Waals surface area contributed by atoms with Crippen molar-refractivity contribution in [3.8, 4) is 0 Å². The van der Waals surface area contributed by atoms with E-state index in [9.17, 15) is 0 Å². The van der Waals surface area contributed by atoms with Crippen molar-refractivity contribution in [1.82, 2.24) is 10.2 Å². The SMILES string of the molecule is CCC(CC)NCCN1CCOCC1(C)C. The quantitative estimate of drug-likeness (QED) is 0.751. The zero-order valence-electron chi connectivity index (χ0n) is 11.4. The van der Waals surface area contributed by atoms with Crippen LogP contribution in [0.15, 0.2) is 0 Å². The predicted molar refractivity (Wildman–Crippen MR) is 68.8 cm³/mol. The Labute approximate surface area is 101 Å². The van der Waals surface area contributed by atoms with Gasteiger partial charge in [-0.1, -0.05) is 13.8 Å². The standard InChI is InChI=1S/C13H28N2O/c1-5-12(6-2)14-7-8-15-9-10-16-11-13(15,3)4/h12,14H,5-11H2,1-4H3. The number of ether oxygens (including phenoxy) is 1. The summed E-state index contributed by atoms with van der Waals surface area (Å²) in [5, 5.41) is 3.62. The van der Waals surface area contributed by atoms with Crippen molar-refractivity contribution in [2.24, 2.45) is 0 Å². The second-order valence-corrected chi connectivity index (χ2v) is 5.32. The molecule has 0 aromatic carbocycles. The third-order valence-electron chi connectivity index (χ3n) is 3.62. The molecular weight excluding hydrogens is 200 g/mol. The molecule has 1 saturated heterocycles. The van der Waals surface area contributed by atoms with E-state index < -0.39 is 0 Å². The highest BCUT2D eigenvalue weighted by Crippen LogP contribution is 2.17. The third-order valence-corrected chi connectivity index (χ3v) is 3.62. The molecule has 1 heterocycles. The second-order valence-electron chi connectivity index (χ2n) is 5.32. The first-order valence-corrected chi connectivity index (χ1v) is 6.66. The molecule has 0 aromatic heterocycles. The number of nitrogens with one attached hydrogen (secondary N) is 1. The molecule has 0 atom stereocenters. The minimum absolute atomic E-state index is 0.202. The highest BCUT2D eigenvalue weighted by Gasteiger charge is 2.29. The van der Waals surface area contributed by atoms with E-state index in [0.29, 0.717) is 6.04 Å². The summed E-state index contributed by atoms with van der Waals surface area (Å²) in [6.07, 6.45) is 2.45. The Morgan fingerprint density at radius 3 is 2.56 bits per heavy atom. The van der Waals surface area contributed by atoms with Crippen LogP contribution in [0.1, 0.15) is 40.5 Å². The van der Waals surface area contributed by atoms with Crippen LogP contribution in [-0.4, -0.2) is 49.3 Å². The van der Waals surface area contributed by atoms with Crippen LogP contribution in [0.4, 0.5) is 0 Å². The van der Waals surface area contributed by atoms with E-state index in [-0.39, 0.29) is 5.54 Å². The van der Waals surface area contributed by atoms with Crippen LogP contribution in [0.2, 0.25) is 0 Å². The minimum Gasteiger partial charge on any atom is -0.378 e. The molecule has 1 N–H and O–H groups in total. The summed E-state index contributed by atoms with van der Waals surface area (Å²) in [5.74, 6) is 0. The largest absolute Gasteiger partial charge is 0.378 e. The number of hydrogen-bond acceptors (Lipinski definition) is 3. The molecular formula is C13H28N2O. The summed E-state index contributed by atoms with van der Waals surface area (Å²) in [6.45, 7) is 14.1. The molecule has 3 heteroatoms. The zero-order valence-corrected chi connectivity index (χ0v) is 11.4. The van der Waals surface area contributed by atoms with Gasteiger partial charge in [-0.2, -0.15) is 0 Å². The van der Waals surface area contributed by atoms with Crippen LogP contribution in [0.25, 0.3) is 0 Å². The highest BCUT2D eigenvalue weighted by atomic mass is 16.5. The lowest BCUT2D eigenvalue weighted by atomic mass is 10.0. The molecule has 1 aliphatic heterocycles. The molecule has 0 aromatic rings. The summed E-state index contributed by atoms with van der Waals surface area (Å²) in [4.78, 5) is 2.53. The summed E-state index contributed by atoms with van der Waals surface area (Å²) in [5.41, 5.74) is 0.202. The van der Waals surface area contributed by atoms with Crippen LogP contribution in [0.3, 0.4) is 0 Å². The fourth-order valence-corrected chi connectivity index (χ4v) is 2.29. The maximum absolute atomic E-state index is 5.52. The van der Waals surface area contributed by atoms with E-state index in [2.05, 4.69) is 37.9 Å². The topological polar surface area (TPSA) is 24.5 Å². The zero-order chi connectivity index (χ0) is 12.0. The van der Waals surface area contributed by atoms with Crippen LogP contribution in [0, 0.1) is 0 Å². The van der Waals surface area contributed by atoms with Gasteiger partial charge in [0.25, 0.3) is 0 Å². The normalized spacial score (nSPS) is 21.6. The molecule has 0 radical (unpaired) electrons. The van der Waals surface area contributed by atoms with Crippen molar-refractivity contribution < 1.29 is 4.74 Å². The molecule has 0 aliphatic carbocycles. The molecule has 16 heavy (non-hydrogen) atoms. The van der Waals surface area contributed by atoms with Crippen molar-refractivity contribution in [3.63, 3.8) is 0 Å². The third kappa shape index (κ3) is 4.04. The van der Waals surface area contributed by atoms with Crippen LogP contribution >= 0.6 is 0 Å². The van der Waals surface area contributed by atoms with Crippen molar-refractivity contribution >= 4 is 0 Å². The monoisotopic (exact) mass is 228 g/mol. The van der Waals surface area contributed by atoms with Crippen molar-refractivity contribution in [1.29, 1.82) is 0 Å². The number of rotatable bonds is 6. The second kappa shape index (κ2) is 6.58. The van der Waals surface area contributed by atoms with E-state index in [0.717, 1.165) is 32.8 Å². The van der Waals surface area contributed by atoms with E-state index in [1.165, 1.54) is 12.8 Å². The summed E-state index contributed by atoms with van der Waals surface area (Å²) >= 11 is 0. The van der Waals surface area contributed by atoms with Gasteiger partial charge in [0.1, 0.15) is 0 Å². The van der Waals surface area contributed by atoms with Gasteiger partial charge in [-0.05, 0) is 26.7 Å².